The fourth-order valence-corrected chi connectivity index (χ4v) is 3.17. The highest BCUT2D eigenvalue weighted by Gasteiger charge is 2.37. The number of hydrogen-bond acceptors (Lipinski definition) is 6. The van der Waals surface area contributed by atoms with Crippen LogP contribution in [-0.4, -0.2) is 47.8 Å². The van der Waals surface area contributed by atoms with Gasteiger partial charge in [0.25, 0.3) is 0 Å². The fourth-order valence-electron chi connectivity index (χ4n) is 3.17. The predicted molar refractivity (Wildman–Crippen MR) is 92.7 cm³/mol. The number of benzene rings is 1. The van der Waals surface area contributed by atoms with E-state index in [1.54, 1.807) is 11.8 Å². The first-order valence-electron chi connectivity index (χ1n) is 8.65. The highest BCUT2D eigenvalue weighted by Crippen LogP contribution is 2.33. The van der Waals surface area contributed by atoms with Crippen LogP contribution in [0.5, 0.6) is 0 Å². The molecule has 0 aliphatic carbocycles. The van der Waals surface area contributed by atoms with E-state index in [0.29, 0.717) is 18.5 Å². The van der Waals surface area contributed by atoms with Crippen LogP contribution in [0.15, 0.2) is 18.2 Å². The number of carbonyl (C=O) groups is 1. The number of aromatic nitrogens is 2. The van der Waals surface area contributed by atoms with E-state index in [2.05, 4.69) is 9.97 Å². The minimum Gasteiger partial charge on any atom is -0.462 e. The minimum atomic E-state index is -4.67. The second-order valence-electron chi connectivity index (χ2n) is 6.48. The second kappa shape index (κ2) is 7.30. The minimum absolute atomic E-state index is 0.118. The van der Waals surface area contributed by atoms with E-state index >= 15 is 0 Å². The van der Waals surface area contributed by atoms with Gasteiger partial charge < -0.3 is 14.4 Å². The van der Waals surface area contributed by atoms with Gasteiger partial charge >= 0.3 is 12.1 Å². The standard InChI is InChI=1S/C18H20F3N3O3/c1-4-26-16(25)12-5-6-14-13(7-12)15(23-17(22-14)18(19,20)21)24-8-10(2)27-11(3)9-24/h5-7,10-11H,4,8-9H2,1-3H3/t10-,11-/m1/s1. The monoisotopic (exact) mass is 383 g/mol. The van der Waals surface area contributed by atoms with Gasteiger partial charge in [0.2, 0.25) is 5.82 Å². The molecule has 1 aliphatic heterocycles. The highest BCUT2D eigenvalue weighted by molar-refractivity contribution is 5.98. The zero-order chi connectivity index (χ0) is 19.8. The van der Waals surface area contributed by atoms with Gasteiger partial charge in [0.1, 0.15) is 5.82 Å². The molecule has 6 nitrogen and oxygen atoms in total. The van der Waals surface area contributed by atoms with E-state index in [0.717, 1.165) is 0 Å². The van der Waals surface area contributed by atoms with Gasteiger partial charge in [0.05, 0.1) is 29.9 Å². The van der Waals surface area contributed by atoms with Crippen molar-refractivity contribution in [2.45, 2.75) is 39.2 Å². The Hall–Kier alpha value is -2.42. The molecule has 0 unspecified atom stereocenters. The summed E-state index contributed by atoms with van der Waals surface area (Å²) in [5.41, 5.74) is 0.357. The molecule has 1 aromatic heterocycles. The average Bonchev–Trinajstić information content (AvgIpc) is 2.58. The Morgan fingerprint density at radius 2 is 1.93 bits per heavy atom. The van der Waals surface area contributed by atoms with Crippen LogP contribution in [0.4, 0.5) is 19.0 Å². The number of hydrogen-bond donors (Lipinski definition) is 0. The highest BCUT2D eigenvalue weighted by atomic mass is 19.4. The van der Waals surface area contributed by atoms with Crippen LogP contribution in [0.25, 0.3) is 10.9 Å². The molecule has 0 spiro atoms. The van der Waals surface area contributed by atoms with Crippen LogP contribution in [0, 0.1) is 0 Å². The summed E-state index contributed by atoms with van der Waals surface area (Å²) in [6.07, 6.45) is -5.01. The van der Waals surface area contributed by atoms with Gasteiger partial charge in [-0.25, -0.2) is 14.8 Å². The molecule has 9 heteroatoms. The molecule has 2 atom stereocenters. The van der Waals surface area contributed by atoms with Crippen molar-refractivity contribution in [2.24, 2.45) is 0 Å². The molecule has 3 rings (SSSR count). The van der Waals surface area contributed by atoms with E-state index in [9.17, 15) is 18.0 Å². The summed E-state index contributed by atoms with van der Waals surface area (Å²) in [5.74, 6) is -1.62. The van der Waals surface area contributed by atoms with Crippen LogP contribution >= 0.6 is 0 Å². The lowest BCUT2D eigenvalue weighted by Gasteiger charge is -2.36. The predicted octanol–water partition coefficient (Wildman–Crippen LogP) is 3.44. The Morgan fingerprint density at radius 1 is 1.26 bits per heavy atom. The number of morpholine rings is 1. The van der Waals surface area contributed by atoms with Crippen molar-refractivity contribution in [1.82, 2.24) is 9.97 Å². The summed E-state index contributed by atoms with van der Waals surface area (Å²) in [4.78, 5) is 21.2. The number of esters is 1. The van der Waals surface area contributed by atoms with Gasteiger partial charge in [-0.05, 0) is 39.0 Å². The number of fused-ring (bicyclic) bond motifs is 1. The maximum atomic E-state index is 13.3. The largest absolute Gasteiger partial charge is 0.462 e. The number of halogens is 3. The lowest BCUT2D eigenvalue weighted by atomic mass is 10.1. The van der Waals surface area contributed by atoms with E-state index in [1.165, 1.54) is 18.2 Å². The van der Waals surface area contributed by atoms with Crippen LogP contribution in [0.1, 0.15) is 37.0 Å². The molecule has 1 fully saturated rings. The smallest absolute Gasteiger partial charge is 0.451 e. The van der Waals surface area contributed by atoms with E-state index < -0.39 is 18.0 Å². The number of carbonyl (C=O) groups excluding carboxylic acids is 1. The summed E-state index contributed by atoms with van der Waals surface area (Å²) in [7, 11) is 0. The molecule has 2 heterocycles. The first-order valence-corrected chi connectivity index (χ1v) is 8.65. The normalized spacial score (nSPS) is 20.7. The van der Waals surface area contributed by atoms with Gasteiger partial charge in [-0.3, -0.25) is 0 Å². The lowest BCUT2D eigenvalue weighted by molar-refractivity contribution is -0.144. The maximum absolute atomic E-state index is 13.3. The molecule has 0 bridgehead atoms. The summed E-state index contributed by atoms with van der Waals surface area (Å²) >= 11 is 0. The molecule has 1 saturated heterocycles. The number of ether oxygens (including phenoxy) is 2. The van der Waals surface area contributed by atoms with Crippen LogP contribution in [-0.2, 0) is 15.7 Å². The average molecular weight is 383 g/mol. The first kappa shape index (κ1) is 19.3. The van der Waals surface area contributed by atoms with Crippen molar-refractivity contribution in [3.05, 3.63) is 29.6 Å². The Bertz CT molecular complexity index is 847. The number of rotatable bonds is 3. The van der Waals surface area contributed by atoms with Crippen molar-refractivity contribution >= 4 is 22.7 Å². The van der Waals surface area contributed by atoms with E-state index in [-0.39, 0.29) is 35.7 Å². The molecule has 0 N–H and O–H groups in total. The van der Waals surface area contributed by atoms with Crippen LogP contribution in [0.3, 0.4) is 0 Å². The maximum Gasteiger partial charge on any atom is 0.451 e. The topological polar surface area (TPSA) is 64.5 Å². The second-order valence-corrected chi connectivity index (χ2v) is 6.48. The molecule has 0 saturated carbocycles. The zero-order valence-corrected chi connectivity index (χ0v) is 15.2. The summed E-state index contributed by atoms with van der Waals surface area (Å²) in [6, 6.07) is 4.27. The summed E-state index contributed by atoms with van der Waals surface area (Å²) in [6.45, 7) is 6.35. The number of anilines is 1. The van der Waals surface area contributed by atoms with Gasteiger partial charge in [0, 0.05) is 18.5 Å². The number of nitrogens with zero attached hydrogens (tertiary/aromatic N) is 3. The molecular formula is C18H20F3N3O3. The fraction of sp³-hybridized carbons (Fsp3) is 0.500. The van der Waals surface area contributed by atoms with Crippen molar-refractivity contribution in [3.8, 4) is 0 Å². The molecule has 2 aromatic rings. The van der Waals surface area contributed by atoms with Crippen molar-refractivity contribution in [2.75, 3.05) is 24.6 Å². The van der Waals surface area contributed by atoms with Crippen molar-refractivity contribution < 1.29 is 27.4 Å². The summed E-state index contributed by atoms with van der Waals surface area (Å²) in [5, 5.41) is 0.370. The molecule has 0 radical (unpaired) electrons. The van der Waals surface area contributed by atoms with Gasteiger partial charge in [-0.1, -0.05) is 0 Å². The molecular weight excluding hydrogens is 363 g/mol. The van der Waals surface area contributed by atoms with Gasteiger partial charge in [-0.2, -0.15) is 13.2 Å². The quantitative estimate of drug-likeness (QED) is 0.757. The van der Waals surface area contributed by atoms with Gasteiger partial charge in [-0.15, -0.1) is 0 Å². The Morgan fingerprint density at radius 3 is 2.52 bits per heavy atom. The Labute approximate surface area is 154 Å². The van der Waals surface area contributed by atoms with Crippen molar-refractivity contribution in [3.63, 3.8) is 0 Å². The van der Waals surface area contributed by atoms with Crippen LogP contribution in [0.2, 0.25) is 0 Å². The first-order chi connectivity index (χ1) is 12.7. The van der Waals surface area contributed by atoms with E-state index in [4.69, 9.17) is 9.47 Å². The molecule has 0 amide bonds. The van der Waals surface area contributed by atoms with E-state index in [1.807, 2.05) is 13.8 Å². The number of alkyl halides is 3. The summed E-state index contributed by atoms with van der Waals surface area (Å²) < 4.78 is 50.5. The van der Waals surface area contributed by atoms with Gasteiger partial charge in [0.15, 0.2) is 0 Å². The lowest BCUT2D eigenvalue weighted by Crippen LogP contribution is -2.46. The third kappa shape index (κ3) is 4.13. The Kier molecular flexibility index (Phi) is 5.23. The third-order valence-corrected chi connectivity index (χ3v) is 4.16. The zero-order valence-electron chi connectivity index (χ0n) is 15.2. The molecule has 1 aliphatic rings. The Balaban J connectivity index is 2.16. The molecule has 1 aromatic carbocycles. The van der Waals surface area contributed by atoms with Crippen LogP contribution < -0.4 is 4.90 Å². The molecule has 27 heavy (non-hydrogen) atoms. The molecule has 146 valence electrons. The third-order valence-electron chi connectivity index (χ3n) is 4.16. The van der Waals surface area contributed by atoms with Crippen molar-refractivity contribution in [1.29, 1.82) is 0 Å². The SMILES string of the molecule is CCOC(=O)c1ccc2nc(C(F)(F)F)nc(N3C[C@@H](C)O[C@H](C)C3)c2c1.